The van der Waals surface area contributed by atoms with E-state index in [-0.39, 0.29) is 0 Å². The van der Waals surface area contributed by atoms with Gasteiger partial charge in [-0.3, -0.25) is 4.99 Å². The highest BCUT2D eigenvalue weighted by atomic mass is 16.5. The van der Waals surface area contributed by atoms with Crippen LogP contribution in [0.2, 0.25) is 0 Å². The first-order chi connectivity index (χ1) is 7.31. The minimum Gasteiger partial charge on any atom is -0.381 e. The zero-order valence-corrected chi connectivity index (χ0v) is 10.1. The number of hydrogen-bond acceptors (Lipinski definition) is 2. The van der Waals surface area contributed by atoms with Gasteiger partial charge in [-0.1, -0.05) is 20.3 Å². The van der Waals surface area contributed by atoms with E-state index in [1.807, 2.05) is 0 Å². The van der Waals surface area contributed by atoms with Crippen LogP contribution in [0.15, 0.2) is 4.99 Å². The fraction of sp³-hybridized carbons (Fsp3) is 0.909. The van der Waals surface area contributed by atoms with Crippen LogP contribution in [0.4, 0.5) is 0 Å². The molecule has 4 heteroatoms. The lowest BCUT2D eigenvalue weighted by Crippen LogP contribution is -2.33. The molecule has 0 unspecified atom stereocenters. The van der Waals surface area contributed by atoms with Crippen molar-refractivity contribution in [2.75, 3.05) is 26.3 Å². The Morgan fingerprint density at radius 1 is 1.20 bits per heavy atom. The molecule has 0 saturated carbocycles. The van der Waals surface area contributed by atoms with Crippen LogP contribution < -0.4 is 11.1 Å². The standard InChI is InChI=1S/C11H25N3O/c1-3-5-9-15-10-6-8-14-11(12)13-7-4-2/h3-10H2,1-2H3,(H3,12,13,14). The molecule has 0 bridgehead atoms. The van der Waals surface area contributed by atoms with E-state index in [4.69, 9.17) is 10.5 Å². The summed E-state index contributed by atoms with van der Waals surface area (Å²) in [6.45, 7) is 7.55. The topological polar surface area (TPSA) is 59.6 Å². The van der Waals surface area contributed by atoms with E-state index in [1.165, 1.54) is 6.42 Å². The predicted molar refractivity (Wildman–Crippen MR) is 65.1 cm³/mol. The molecule has 0 aliphatic heterocycles. The molecule has 90 valence electrons. The van der Waals surface area contributed by atoms with Gasteiger partial charge in [0, 0.05) is 26.3 Å². The van der Waals surface area contributed by atoms with Crippen LogP contribution in [0.25, 0.3) is 0 Å². The molecular weight excluding hydrogens is 190 g/mol. The average molecular weight is 215 g/mol. The Hall–Kier alpha value is -0.770. The Bertz CT molecular complexity index is 160. The lowest BCUT2D eigenvalue weighted by Gasteiger charge is -2.05. The maximum Gasteiger partial charge on any atom is 0.188 e. The average Bonchev–Trinajstić information content (AvgIpc) is 2.25. The van der Waals surface area contributed by atoms with E-state index in [1.54, 1.807) is 0 Å². The zero-order chi connectivity index (χ0) is 11.4. The second-order valence-corrected chi connectivity index (χ2v) is 3.51. The van der Waals surface area contributed by atoms with Gasteiger partial charge >= 0.3 is 0 Å². The monoisotopic (exact) mass is 215 g/mol. The van der Waals surface area contributed by atoms with Gasteiger partial charge in [0.1, 0.15) is 0 Å². The molecule has 0 aliphatic rings. The van der Waals surface area contributed by atoms with Gasteiger partial charge in [0.15, 0.2) is 5.96 Å². The smallest absolute Gasteiger partial charge is 0.188 e. The van der Waals surface area contributed by atoms with E-state index in [0.717, 1.165) is 45.6 Å². The van der Waals surface area contributed by atoms with Gasteiger partial charge in [0.25, 0.3) is 0 Å². The summed E-state index contributed by atoms with van der Waals surface area (Å²) in [5.41, 5.74) is 5.62. The van der Waals surface area contributed by atoms with Crippen molar-refractivity contribution in [2.45, 2.75) is 39.5 Å². The first-order valence-corrected chi connectivity index (χ1v) is 5.92. The summed E-state index contributed by atoms with van der Waals surface area (Å²) in [6, 6.07) is 0. The van der Waals surface area contributed by atoms with Gasteiger partial charge in [-0.05, 0) is 19.3 Å². The molecule has 0 spiro atoms. The molecule has 0 aromatic heterocycles. The predicted octanol–water partition coefficient (Wildman–Crippen LogP) is 1.51. The van der Waals surface area contributed by atoms with Gasteiger partial charge in [-0.25, -0.2) is 0 Å². The summed E-state index contributed by atoms with van der Waals surface area (Å²) in [5, 5.41) is 3.06. The summed E-state index contributed by atoms with van der Waals surface area (Å²) in [6.07, 6.45) is 4.34. The number of nitrogens with one attached hydrogen (secondary N) is 1. The van der Waals surface area contributed by atoms with E-state index in [2.05, 4.69) is 24.2 Å². The molecule has 0 amide bonds. The normalized spacial score (nSPS) is 11.7. The summed E-state index contributed by atoms with van der Waals surface area (Å²) in [4.78, 5) is 4.13. The molecule has 0 atom stereocenters. The van der Waals surface area contributed by atoms with Crippen LogP contribution in [0.1, 0.15) is 39.5 Å². The van der Waals surface area contributed by atoms with Crippen LogP contribution in [0.5, 0.6) is 0 Å². The number of unbranched alkanes of at least 4 members (excludes halogenated alkanes) is 1. The quantitative estimate of drug-likeness (QED) is 0.348. The minimum atomic E-state index is 0.547. The Kier molecular flexibility index (Phi) is 10.7. The lowest BCUT2D eigenvalue weighted by atomic mass is 10.4. The number of nitrogens with two attached hydrogens (primary N) is 1. The maximum atomic E-state index is 5.62. The van der Waals surface area contributed by atoms with E-state index >= 15 is 0 Å². The summed E-state index contributed by atoms with van der Waals surface area (Å²) < 4.78 is 5.42. The van der Waals surface area contributed by atoms with Crippen molar-refractivity contribution in [3.63, 3.8) is 0 Å². The maximum absolute atomic E-state index is 5.62. The molecule has 0 rings (SSSR count). The van der Waals surface area contributed by atoms with Crippen molar-refractivity contribution in [3.05, 3.63) is 0 Å². The molecule has 15 heavy (non-hydrogen) atoms. The first-order valence-electron chi connectivity index (χ1n) is 5.92. The van der Waals surface area contributed by atoms with Crippen molar-refractivity contribution in [3.8, 4) is 0 Å². The first kappa shape index (κ1) is 14.2. The van der Waals surface area contributed by atoms with Crippen LogP contribution in [-0.4, -0.2) is 32.3 Å². The third-order valence-corrected chi connectivity index (χ3v) is 1.92. The molecule has 0 radical (unpaired) electrons. The fourth-order valence-corrected chi connectivity index (χ4v) is 1.03. The van der Waals surface area contributed by atoms with E-state index < -0.39 is 0 Å². The zero-order valence-electron chi connectivity index (χ0n) is 10.1. The number of aliphatic imine (C=N–C) groups is 1. The van der Waals surface area contributed by atoms with Crippen molar-refractivity contribution < 1.29 is 4.74 Å². The fourth-order valence-electron chi connectivity index (χ4n) is 1.03. The lowest BCUT2D eigenvalue weighted by molar-refractivity contribution is 0.129. The van der Waals surface area contributed by atoms with Crippen molar-refractivity contribution in [1.82, 2.24) is 5.32 Å². The van der Waals surface area contributed by atoms with Crippen LogP contribution in [0.3, 0.4) is 0 Å². The Balaban J connectivity index is 3.16. The highest BCUT2D eigenvalue weighted by Crippen LogP contribution is 1.88. The van der Waals surface area contributed by atoms with Crippen LogP contribution in [0, 0.1) is 0 Å². The Morgan fingerprint density at radius 2 is 1.93 bits per heavy atom. The number of guanidine groups is 1. The molecule has 4 nitrogen and oxygen atoms in total. The van der Waals surface area contributed by atoms with Gasteiger partial charge < -0.3 is 15.8 Å². The van der Waals surface area contributed by atoms with Gasteiger partial charge in [-0.2, -0.15) is 0 Å². The van der Waals surface area contributed by atoms with Gasteiger partial charge in [0.2, 0.25) is 0 Å². The third kappa shape index (κ3) is 11.2. The molecule has 0 aromatic rings. The van der Waals surface area contributed by atoms with Crippen LogP contribution in [-0.2, 0) is 4.74 Å². The number of ether oxygens (including phenoxy) is 1. The second-order valence-electron chi connectivity index (χ2n) is 3.51. The van der Waals surface area contributed by atoms with Crippen molar-refractivity contribution in [2.24, 2.45) is 10.7 Å². The summed E-state index contributed by atoms with van der Waals surface area (Å²) in [7, 11) is 0. The number of rotatable bonds is 9. The highest BCUT2D eigenvalue weighted by Gasteiger charge is 1.91. The third-order valence-electron chi connectivity index (χ3n) is 1.92. The minimum absolute atomic E-state index is 0.547. The number of nitrogens with zero attached hydrogens (tertiary/aromatic N) is 1. The largest absolute Gasteiger partial charge is 0.381 e. The molecule has 3 N–H and O–H groups in total. The summed E-state index contributed by atoms with van der Waals surface area (Å²) >= 11 is 0. The molecule has 0 saturated heterocycles. The molecule has 0 aliphatic carbocycles. The van der Waals surface area contributed by atoms with Gasteiger partial charge in [0.05, 0.1) is 0 Å². The summed E-state index contributed by atoms with van der Waals surface area (Å²) in [5.74, 6) is 0.547. The van der Waals surface area contributed by atoms with Crippen LogP contribution >= 0.6 is 0 Å². The van der Waals surface area contributed by atoms with Crippen molar-refractivity contribution >= 4 is 5.96 Å². The number of hydrogen-bond donors (Lipinski definition) is 2. The second kappa shape index (κ2) is 11.3. The molecule has 0 heterocycles. The SMILES string of the molecule is CCCCOCCCNC(N)=NCCC. The van der Waals surface area contributed by atoms with Crippen molar-refractivity contribution in [1.29, 1.82) is 0 Å². The molecule has 0 fully saturated rings. The Labute approximate surface area is 93.3 Å². The Morgan fingerprint density at radius 3 is 2.60 bits per heavy atom. The van der Waals surface area contributed by atoms with E-state index in [0.29, 0.717) is 5.96 Å². The molecular formula is C11H25N3O. The highest BCUT2D eigenvalue weighted by molar-refractivity contribution is 5.77. The molecule has 0 aromatic carbocycles. The van der Waals surface area contributed by atoms with E-state index in [9.17, 15) is 0 Å². The van der Waals surface area contributed by atoms with Gasteiger partial charge in [-0.15, -0.1) is 0 Å².